The first kappa shape index (κ1) is 19.2. The summed E-state index contributed by atoms with van der Waals surface area (Å²) >= 11 is 0. The summed E-state index contributed by atoms with van der Waals surface area (Å²) in [5.74, 6) is -1.42. The Balaban J connectivity index is 1.67. The van der Waals surface area contributed by atoms with Crippen LogP contribution in [-0.4, -0.2) is 40.3 Å². The Morgan fingerprint density at radius 1 is 1.00 bits per heavy atom. The van der Waals surface area contributed by atoms with Crippen LogP contribution in [0.5, 0.6) is 0 Å². The molecule has 3 aromatic rings. The number of pyridine rings is 2. The molecule has 0 radical (unpaired) electrons. The highest BCUT2D eigenvalue weighted by Gasteiger charge is 2.16. The van der Waals surface area contributed by atoms with Crippen molar-refractivity contribution < 1.29 is 14.0 Å². The van der Waals surface area contributed by atoms with Crippen molar-refractivity contribution in [3.63, 3.8) is 0 Å². The number of likely N-dealkylation sites (N-methyl/N-ethyl adjacent to an activating group) is 1. The van der Waals surface area contributed by atoms with E-state index in [-0.39, 0.29) is 23.0 Å². The number of nitrogens with one attached hydrogen (secondary N) is 1. The Morgan fingerprint density at radius 2 is 1.71 bits per heavy atom. The van der Waals surface area contributed by atoms with Gasteiger partial charge in [-0.1, -0.05) is 18.2 Å². The predicted molar refractivity (Wildman–Crippen MR) is 103 cm³/mol. The number of aromatic nitrogens is 2. The fourth-order valence-corrected chi connectivity index (χ4v) is 2.57. The molecule has 7 heteroatoms. The second-order valence-electron chi connectivity index (χ2n) is 6.17. The monoisotopic (exact) mass is 378 g/mol. The maximum atomic E-state index is 13.7. The zero-order valence-electron chi connectivity index (χ0n) is 15.3. The third-order valence-electron chi connectivity index (χ3n) is 4.15. The highest BCUT2D eigenvalue weighted by molar-refractivity contribution is 6.03. The first-order valence-electron chi connectivity index (χ1n) is 8.72. The van der Waals surface area contributed by atoms with E-state index in [0.717, 1.165) is 5.56 Å². The maximum Gasteiger partial charge on any atom is 0.274 e. The van der Waals surface area contributed by atoms with E-state index in [0.29, 0.717) is 13.0 Å². The van der Waals surface area contributed by atoms with Gasteiger partial charge in [0.15, 0.2) is 0 Å². The topological polar surface area (TPSA) is 75.2 Å². The molecule has 1 N–H and O–H groups in total. The number of hydrogen-bond donors (Lipinski definition) is 1. The number of anilines is 1. The van der Waals surface area contributed by atoms with Crippen LogP contribution in [0.25, 0.3) is 0 Å². The van der Waals surface area contributed by atoms with Gasteiger partial charge in [-0.3, -0.25) is 14.6 Å². The Kier molecular flexibility index (Phi) is 6.06. The second kappa shape index (κ2) is 8.85. The molecule has 0 aliphatic carbocycles. The Labute approximate surface area is 162 Å². The fraction of sp³-hybridized carbons (Fsp3) is 0.143. The highest BCUT2D eigenvalue weighted by Crippen LogP contribution is 2.14. The summed E-state index contributed by atoms with van der Waals surface area (Å²) in [5.41, 5.74) is 1.32. The molecule has 0 spiro atoms. The van der Waals surface area contributed by atoms with Crippen molar-refractivity contribution in [3.8, 4) is 0 Å². The van der Waals surface area contributed by atoms with E-state index in [1.807, 2.05) is 12.1 Å². The van der Waals surface area contributed by atoms with E-state index in [2.05, 4.69) is 15.3 Å². The van der Waals surface area contributed by atoms with Crippen LogP contribution in [-0.2, 0) is 6.42 Å². The van der Waals surface area contributed by atoms with Gasteiger partial charge in [-0.25, -0.2) is 9.37 Å². The SMILES string of the molecule is CN(CCc1ccncc1)C(=O)c1cccc(C(=O)Nc2ccccc2F)n1. The summed E-state index contributed by atoms with van der Waals surface area (Å²) < 4.78 is 13.7. The second-order valence-corrected chi connectivity index (χ2v) is 6.17. The molecule has 2 aromatic heterocycles. The molecule has 2 amide bonds. The van der Waals surface area contributed by atoms with Crippen LogP contribution in [0.3, 0.4) is 0 Å². The number of nitrogens with zero attached hydrogens (tertiary/aromatic N) is 3. The minimum Gasteiger partial charge on any atom is -0.340 e. The zero-order valence-corrected chi connectivity index (χ0v) is 15.3. The Bertz CT molecular complexity index is 979. The molecule has 0 bridgehead atoms. The van der Waals surface area contributed by atoms with Gasteiger partial charge in [0.25, 0.3) is 11.8 Å². The summed E-state index contributed by atoms with van der Waals surface area (Å²) in [6.45, 7) is 0.496. The molecule has 28 heavy (non-hydrogen) atoms. The van der Waals surface area contributed by atoms with Crippen molar-refractivity contribution in [2.24, 2.45) is 0 Å². The molecule has 0 fully saturated rings. The number of carbonyl (C=O) groups excluding carboxylic acids is 2. The maximum absolute atomic E-state index is 13.7. The highest BCUT2D eigenvalue weighted by atomic mass is 19.1. The number of hydrogen-bond acceptors (Lipinski definition) is 4. The van der Waals surface area contributed by atoms with E-state index >= 15 is 0 Å². The first-order valence-corrected chi connectivity index (χ1v) is 8.72. The van der Waals surface area contributed by atoms with Crippen molar-refractivity contribution in [1.29, 1.82) is 0 Å². The summed E-state index contributed by atoms with van der Waals surface area (Å²) in [5, 5.41) is 2.46. The number of rotatable bonds is 6. The van der Waals surface area contributed by atoms with Crippen molar-refractivity contribution in [2.45, 2.75) is 6.42 Å². The predicted octanol–water partition coefficient (Wildman–Crippen LogP) is 3.18. The molecule has 1 aromatic carbocycles. The standard InChI is InChI=1S/C21H19FN4O2/c1-26(14-11-15-9-12-23-13-10-15)21(28)19-8-4-7-18(24-19)20(27)25-17-6-3-2-5-16(17)22/h2-10,12-13H,11,14H2,1H3,(H,25,27). The van der Waals surface area contributed by atoms with Gasteiger partial charge in [-0.2, -0.15) is 0 Å². The van der Waals surface area contributed by atoms with Gasteiger partial charge in [0.1, 0.15) is 17.2 Å². The number of para-hydroxylation sites is 1. The number of benzene rings is 1. The normalized spacial score (nSPS) is 10.4. The van der Waals surface area contributed by atoms with Gasteiger partial charge in [0.05, 0.1) is 5.69 Å². The minimum absolute atomic E-state index is 0.0386. The molecule has 0 saturated carbocycles. The number of amides is 2. The lowest BCUT2D eigenvalue weighted by Crippen LogP contribution is -2.30. The van der Waals surface area contributed by atoms with E-state index < -0.39 is 11.7 Å². The molecule has 2 heterocycles. The van der Waals surface area contributed by atoms with Crippen LogP contribution in [0, 0.1) is 5.82 Å². The average Bonchev–Trinajstić information content (AvgIpc) is 2.74. The molecule has 0 aliphatic heterocycles. The lowest BCUT2D eigenvalue weighted by Gasteiger charge is -2.17. The van der Waals surface area contributed by atoms with Crippen molar-refractivity contribution >= 4 is 17.5 Å². The van der Waals surface area contributed by atoms with Crippen LogP contribution in [0.15, 0.2) is 67.0 Å². The fourth-order valence-electron chi connectivity index (χ4n) is 2.57. The number of halogens is 1. The summed E-state index contributed by atoms with van der Waals surface area (Å²) in [4.78, 5) is 34.6. The van der Waals surface area contributed by atoms with Crippen molar-refractivity contribution in [3.05, 3.63) is 89.8 Å². The molecule has 0 atom stereocenters. The average molecular weight is 378 g/mol. The van der Waals surface area contributed by atoms with Crippen molar-refractivity contribution in [2.75, 3.05) is 18.9 Å². The van der Waals surface area contributed by atoms with Crippen molar-refractivity contribution in [1.82, 2.24) is 14.9 Å². The van der Waals surface area contributed by atoms with Gasteiger partial charge in [-0.15, -0.1) is 0 Å². The third-order valence-corrected chi connectivity index (χ3v) is 4.15. The number of carbonyl (C=O) groups is 2. The largest absolute Gasteiger partial charge is 0.340 e. The first-order chi connectivity index (χ1) is 13.5. The van der Waals surface area contributed by atoms with Gasteiger partial charge in [0.2, 0.25) is 0 Å². The quantitative estimate of drug-likeness (QED) is 0.715. The van der Waals surface area contributed by atoms with E-state index in [1.165, 1.54) is 24.3 Å². The summed E-state index contributed by atoms with van der Waals surface area (Å²) in [7, 11) is 1.68. The Hall–Kier alpha value is -3.61. The molecule has 6 nitrogen and oxygen atoms in total. The Morgan fingerprint density at radius 3 is 2.46 bits per heavy atom. The summed E-state index contributed by atoms with van der Waals surface area (Å²) in [6, 6.07) is 14.2. The smallest absolute Gasteiger partial charge is 0.274 e. The van der Waals surface area contributed by atoms with Crippen LogP contribution in [0.4, 0.5) is 10.1 Å². The molecule has 3 rings (SSSR count). The summed E-state index contributed by atoms with van der Waals surface area (Å²) in [6.07, 6.45) is 4.09. The molecule has 0 unspecified atom stereocenters. The van der Waals surface area contributed by atoms with E-state index in [1.54, 1.807) is 42.5 Å². The van der Waals surface area contributed by atoms with E-state index in [9.17, 15) is 14.0 Å². The van der Waals surface area contributed by atoms with Gasteiger partial charge in [0, 0.05) is 26.0 Å². The lowest BCUT2D eigenvalue weighted by atomic mass is 10.2. The van der Waals surface area contributed by atoms with Crippen LogP contribution < -0.4 is 5.32 Å². The van der Waals surface area contributed by atoms with Gasteiger partial charge >= 0.3 is 0 Å². The molecule has 0 aliphatic rings. The van der Waals surface area contributed by atoms with Gasteiger partial charge in [-0.05, 0) is 48.4 Å². The molecule has 0 saturated heterocycles. The van der Waals surface area contributed by atoms with E-state index in [4.69, 9.17) is 0 Å². The molecular weight excluding hydrogens is 359 g/mol. The molecule has 142 valence electrons. The van der Waals surface area contributed by atoms with Crippen LogP contribution in [0.2, 0.25) is 0 Å². The lowest BCUT2D eigenvalue weighted by molar-refractivity contribution is 0.0790. The van der Waals surface area contributed by atoms with Crippen LogP contribution in [0.1, 0.15) is 26.5 Å². The minimum atomic E-state index is -0.584. The van der Waals surface area contributed by atoms with Crippen LogP contribution >= 0.6 is 0 Å². The van der Waals surface area contributed by atoms with Gasteiger partial charge < -0.3 is 10.2 Å². The zero-order chi connectivity index (χ0) is 19.9. The molecular formula is C21H19FN4O2. The third kappa shape index (κ3) is 4.76.